The van der Waals surface area contributed by atoms with Crippen LogP contribution in [0.15, 0.2) is 18.2 Å². The third-order valence-corrected chi connectivity index (χ3v) is 5.96. The van der Waals surface area contributed by atoms with Crippen molar-refractivity contribution < 1.29 is 14.3 Å². The van der Waals surface area contributed by atoms with Crippen LogP contribution >= 0.6 is 0 Å². The Morgan fingerprint density at radius 3 is 2.56 bits per heavy atom. The monoisotopic (exact) mass is 374 g/mol. The van der Waals surface area contributed by atoms with Gasteiger partial charge in [-0.1, -0.05) is 19.9 Å². The van der Waals surface area contributed by atoms with Crippen molar-refractivity contribution in [2.75, 3.05) is 40.4 Å². The molecule has 1 amide bonds. The van der Waals surface area contributed by atoms with Crippen LogP contribution in [0.2, 0.25) is 0 Å². The first kappa shape index (κ1) is 20.2. The average Bonchev–Trinajstić information content (AvgIpc) is 2.92. The first-order valence-corrected chi connectivity index (χ1v) is 10.1. The predicted molar refractivity (Wildman–Crippen MR) is 107 cm³/mol. The number of nitrogens with zero attached hydrogens (tertiary/aromatic N) is 2. The maximum atomic E-state index is 12.4. The standard InChI is InChI=1S/C22H34N2O3/c1-17(2)13-24-16-22(12-21(24)25)7-9-23(10-8-22)14-18-5-6-20(27-4)19(11-18)15-26-3/h5-6,11,17H,7-10,12-16H2,1-4H3. The molecule has 150 valence electrons. The summed E-state index contributed by atoms with van der Waals surface area (Å²) in [7, 11) is 3.41. The first-order chi connectivity index (χ1) is 12.9. The summed E-state index contributed by atoms with van der Waals surface area (Å²) in [5.74, 6) is 1.78. The Balaban J connectivity index is 1.57. The number of amides is 1. The van der Waals surface area contributed by atoms with E-state index in [4.69, 9.17) is 9.47 Å². The highest BCUT2D eigenvalue weighted by molar-refractivity contribution is 5.79. The van der Waals surface area contributed by atoms with Crippen LogP contribution in [0.4, 0.5) is 0 Å². The minimum Gasteiger partial charge on any atom is -0.496 e. The van der Waals surface area contributed by atoms with Gasteiger partial charge in [0.25, 0.3) is 0 Å². The summed E-state index contributed by atoms with van der Waals surface area (Å²) in [5.41, 5.74) is 2.60. The van der Waals surface area contributed by atoms with Gasteiger partial charge < -0.3 is 14.4 Å². The molecule has 0 atom stereocenters. The van der Waals surface area contributed by atoms with Gasteiger partial charge in [0.1, 0.15) is 5.75 Å². The van der Waals surface area contributed by atoms with E-state index in [9.17, 15) is 4.79 Å². The largest absolute Gasteiger partial charge is 0.496 e. The molecule has 0 saturated carbocycles. The molecule has 2 heterocycles. The zero-order valence-electron chi connectivity index (χ0n) is 17.3. The van der Waals surface area contributed by atoms with Crippen LogP contribution in [0.25, 0.3) is 0 Å². The Morgan fingerprint density at radius 2 is 1.93 bits per heavy atom. The second kappa shape index (κ2) is 8.61. The van der Waals surface area contributed by atoms with Gasteiger partial charge in [0.15, 0.2) is 0 Å². The molecule has 0 unspecified atom stereocenters. The minimum absolute atomic E-state index is 0.212. The normalized spacial score (nSPS) is 20.0. The van der Waals surface area contributed by atoms with Crippen molar-refractivity contribution >= 4 is 5.91 Å². The number of benzene rings is 1. The van der Waals surface area contributed by atoms with Crippen molar-refractivity contribution in [3.05, 3.63) is 29.3 Å². The summed E-state index contributed by atoms with van der Waals surface area (Å²) >= 11 is 0. The lowest BCUT2D eigenvalue weighted by molar-refractivity contribution is -0.128. The second-order valence-corrected chi connectivity index (χ2v) is 8.70. The molecule has 1 spiro atoms. The van der Waals surface area contributed by atoms with Gasteiger partial charge in [-0.15, -0.1) is 0 Å². The number of piperidine rings is 1. The average molecular weight is 375 g/mol. The maximum Gasteiger partial charge on any atom is 0.223 e. The quantitative estimate of drug-likeness (QED) is 0.734. The molecule has 0 aromatic heterocycles. The smallest absolute Gasteiger partial charge is 0.223 e. The summed E-state index contributed by atoms with van der Waals surface area (Å²) in [5, 5.41) is 0. The fraction of sp³-hybridized carbons (Fsp3) is 0.682. The zero-order chi connectivity index (χ0) is 19.4. The minimum atomic E-state index is 0.212. The molecule has 0 radical (unpaired) electrons. The molecule has 3 rings (SSSR count). The van der Waals surface area contributed by atoms with Crippen LogP contribution in [-0.4, -0.2) is 56.1 Å². The van der Waals surface area contributed by atoms with Crippen LogP contribution in [0, 0.1) is 11.3 Å². The van der Waals surface area contributed by atoms with E-state index in [1.165, 1.54) is 5.56 Å². The van der Waals surface area contributed by atoms with Crippen LogP contribution in [0.5, 0.6) is 5.75 Å². The Kier molecular flexibility index (Phi) is 6.43. The number of likely N-dealkylation sites (tertiary alicyclic amines) is 2. The SMILES string of the molecule is COCc1cc(CN2CCC3(CC2)CC(=O)N(CC(C)C)C3)ccc1OC. The number of rotatable bonds is 7. The number of hydrogen-bond donors (Lipinski definition) is 0. The molecule has 2 aliphatic rings. The molecular weight excluding hydrogens is 340 g/mol. The summed E-state index contributed by atoms with van der Waals surface area (Å²) < 4.78 is 10.7. The predicted octanol–water partition coefficient (Wildman–Crippen LogP) is 3.31. The van der Waals surface area contributed by atoms with Gasteiger partial charge in [-0.2, -0.15) is 0 Å². The molecule has 5 heteroatoms. The van der Waals surface area contributed by atoms with Crippen LogP contribution in [0.1, 0.15) is 44.2 Å². The third-order valence-electron chi connectivity index (χ3n) is 5.96. The summed E-state index contributed by atoms with van der Waals surface area (Å²) in [6.07, 6.45) is 2.98. The van der Waals surface area contributed by atoms with Gasteiger partial charge in [0, 0.05) is 38.7 Å². The van der Waals surface area contributed by atoms with Gasteiger partial charge >= 0.3 is 0 Å². The van der Waals surface area contributed by atoms with E-state index in [2.05, 4.69) is 35.8 Å². The van der Waals surface area contributed by atoms with Gasteiger partial charge in [0.05, 0.1) is 13.7 Å². The Morgan fingerprint density at radius 1 is 1.19 bits per heavy atom. The number of ether oxygens (including phenoxy) is 2. The Bertz CT molecular complexity index is 651. The molecule has 5 nitrogen and oxygen atoms in total. The van der Waals surface area contributed by atoms with E-state index in [1.54, 1.807) is 14.2 Å². The van der Waals surface area contributed by atoms with E-state index in [0.29, 0.717) is 18.4 Å². The molecule has 0 N–H and O–H groups in total. The highest BCUT2D eigenvalue weighted by atomic mass is 16.5. The first-order valence-electron chi connectivity index (χ1n) is 10.1. The third kappa shape index (κ3) is 4.82. The summed E-state index contributed by atoms with van der Waals surface area (Å²) in [4.78, 5) is 17.0. The highest BCUT2D eigenvalue weighted by Gasteiger charge is 2.44. The fourth-order valence-corrected chi connectivity index (χ4v) is 4.57. The molecule has 27 heavy (non-hydrogen) atoms. The van der Waals surface area contributed by atoms with Crippen molar-refractivity contribution in [2.45, 2.75) is 46.3 Å². The number of methoxy groups -OCH3 is 2. The molecule has 2 fully saturated rings. The Labute approximate surface area is 163 Å². The van der Waals surface area contributed by atoms with Crippen molar-refractivity contribution in [1.82, 2.24) is 9.80 Å². The van der Waals surface area contributed by atoms with Crippen molar-refractivity contribution in [3.63, 3.8) is 0 Å². The zero-order valence-corrected chi connectivity index (χ0v) is 17.3. The van der Waals surface area contributed by atoms with Gasteiger partial charge in [-0.05, 0) is 55.0 Å². The summed E-state index contributed by atoms with van der Waals surface area (Å²) in [6, 6.07) is 6.37. The number of carbonyl (C=O) groups is 1. The second-order valence-electron chi connectivity index (χ2n) is 8.70. The number of carbonyl (C=O) groups excluding carboxylic acids is 1. The van der Waals surface area contributed by atoms with Gasteiger partial charge in [0.2, 0.25) is 5.91 Å². The molecule has 1 aromatic carbocycles. The molecule has 2 saturated heterocycles. The van der Waals surface area contributed by atoms with Crippen molar-refractivity contribution in [1.29, 1.82) is 0 Å². The van der Waals surface area contributed by atoms with Crippen molar-refractivity contribution in [3.8, 4) is 5.75 Å². The molecule has 2 aliphatic heterocycles. The van der Waals surface area contributed by atoms with E-state index in [-0.39, 0.29) is 5.41 Å². The van der Waals surface area contributed by atoms with Crippen LogP contribution in [-0.2, 0) is 22.7 Å². The van der Waals surface area contributed by atoms with Gasteiger partial charge in [-0.3, -0.25) is 9.69 Å². The summed E-state index contributed by atoms with van der Waals surface area (Å²) in [6.45, 7) is 9.87. The van der Waals surface area contributed by atoms with Crippen LogP contribution < -0.4 is 4.74 Å². The van der Waals surface area contributed by atoms with Gasteiger partial charge in [-0.25, -0.2) is 0 Å². The molecular formula is C22H34N2O3. The van der Waals surface area contributed by atoms with E-state index < -0.39 is 0 Å². The molecule has 1 aromatic rings. The van der Waals surface area contributed by atoms with E-state index in [1.807, 2.05) is 6.07 Å². The maximum absolute atomic E-state index is 12.4. The molecule has 0 aliphatic carbocycles. The van der Waals surface area contributed by atoms with Crippen LogP contribution in [0.3, 0.4) is 0 Å². The molecule has 0 bridgehead atoms. The lowest BCUT2D eigenvalue weighted by Gasteiger charge is -2.39. The lowest BCUT2D eigenvalue weighted by atomic mass is 9.77. The lowest BCUT2D eigenvalue weighted by Crippen LogP contribution is -2.41. The number of hydrogen-bond acceptors (Lipinski definition) is 4. The van der Waals surface area contributed by atoms with E-state index in [0.717, 1.165) is 63.3 Å². The fourth-order valence-electron chi connectivity index (χ4n) is 4.57. The highest BCUT2D eigenvalue weighted by Crippen LogP contribution is 2.41. The topological polar surface area (TPSA) is 42.0 Å². The van der Waals surface area contributed by atoms with Crippen molar-refractivity contribution in [2.24, 2.45) is 11.3 Å². The Hall–Kier alpha value is -1.59. The van der Waals surface area contributed by atoms with E-state index >= 15 is 0 Å².